The summed E-state index contributed by atoms with van der Waals surface area (Å²) < 4.78 is 5.90. The van der Waals surface area contributed by atoms with Crippen molar-refractivity contribution in [2.75, 3.05) is 0 Å². The zero-order valence-corrected chi connectivity index (χ0v) is 9.71. The number of aryl methyl sites for hydroxylation is 3. The average molecular weight is 205 g/mol. The number of rotatable bonds is 1. The van der Waals surface area contributed by atoms with Gasteiger partial charge in [-0.25, -0.2) is 0 Å². The second-order valence-corrected chi connectivity index (χ2v) is 4.60. The van der Waals surface area contributed by atoms with E-state index in [2.05, 4.69) is 26.0 Å². The molecular formula is C13H19NO. The van der Waals surface area contributed by atoms with Crippen molar-refractivity contribution in [3.63, 3.8) is 0 Å². The van der Waals surface area contributed by atoms with Crippen molar-refractivity contribution in [3.8, 4) is 5.75 Å². The van der Waals surface area contributed by atoms with Crippen LogP contribution in [0.3, 0.4) is 0 Å². The fourth-order valence-electron chi connectivity index (χ4n) is 2.04. The minimum atomic E-state index is 0.111. The topological polar surface area (TPSA) is 35.2 Å². The van der Waals surface area contributed by atoms with Gasteiger partial charge in [0.2, 0.25) is 0 Å². The van der Waals surface area contributed by atoms with Crippen LogP contribution in [0, 0.1) is 13.8 Å². The van der Waals surface area contributed by atoms with Crippen LogP contribution in [-0.4, -0.2) is 12.1 Å². The van der Waals surface area contributed by atoms with Gasteiger partial charge in [-0.1, -0.05) is 6.07 Å². The van der Waals surface area contributed by atoms with Crippen molar-refractivity contribution in [3.05, 3.63) is 28.8 Å². The molecule has 1 aliphatic heterocycles. The van der Waals surface area contributed by atoms with Gasteiger partial charge in [-0.05, 0) is 56.4 Å². The molecule has 2 atom stereocenters. The third-order valence-corrected chi connectivity index (χ3v) is 3.24. The molecule has 82 valence electrons. The number of nitrogens with two attached hydrogens (primary N) is 1. The van der Waals surface area contributed by atoms with Gasteiger partial charge < -0.3 is 10.5 Å². The lowest BCUT2D eigenvalue weighted by molar-refractivity contribution is 0.151. The molecule has 0 fully saturated rings. The maximum Gasteiger partial charge on any atom is 0.123 e. The molecule has 0 saturated heterocycles. The Morgan fingerprint density at radius 2 is 2.00 bits per heavy atom. The third-order valence-electron chi connectivity index (χ3n) is 3.24. The van der Waals surface area contributed by atoms with Crippen LogP contribution in [0.2, 0.25) is 0 Å². The zero-order valence-electron chi connectivity index (χ0n) is 9.71. The molecule has 2 heteroatoms. The highest BCUT2D eigenvalue weighted by Crippen LogP contribution is 2.30. The number of ether oxygens (including phenoxy) is 1. The lowest BCUT2D eigenvalue weighted by Gasteiger charge is -2.29. The summed E-state index contributed by atoms with van der Waals surface area (Å²) in [6.07, 6.45) is 2.30. The van der Waals surface area contributed by atoms with E-state index in [1.54, 1.807) is 0 Å². The smallest absolute Gasteiger partial charge is 0.123 e. The molecule has 0 bridgehead atoms. The molecule has 2 unspecified atom stereocenters. The summed E-state index contributed by atoms with van der Waals surface area (Å²) >= 11 is 0. The van der Waals surface area contributed by atoms with Gasteiger partial charge in [0.1, 0.15) is 11.9 Å². The number of benzene rings is 1. The van der Waals surface area contributed by atoms with Gasteiger partial charge in [0, 0.05) is 6.04 Å². The second-order valence-electron chi connectivity index (χ2n) is 4.60. The molecule has 2 N–H and O–H groups in total. The molecule has 1 aliphatic rings. The van der Waals surface area contributed by atoms with Crippen molar-refractivity contribution >= 4 is 0 Å². The van der Waals surface area contributed by atoms with Crippen LogP contribution >= 0.6 is 0 Å². The van der Waals surface area contributed by atoms with E-state index >= 15 is 0 Å². The van der Waals surface area contributed by atoms with Crippen molar-refractivity contribution in [1.82, 2.24) is 0 Å². The Morgan fingerprint density at radius 1 is 1.33 bits per heavy atom. The Kier molecular flexibility index (Phi) is 2.70. The molecule has 0 aliphatic carbocycles. The van der Waals surface area contributed by atoms with Gasteiger partial charge in [-0.15, -0.1) is 0 Å². The van der Waals surface area contributed by atoms with Crippen LogP contribution in [0.25, 0.3) is 0 Å². The molecule has 0 amide bonds. The van der Waals surface area contributed by atoms with Crippen molar-refractivity contribution < 1.29 is 4.74 Å². The normalized spacial score (nSPS) is 21.7. The van der Waals surface area contributed by atoms with E-state index in [0.29, 0.717) is 0 Å². The number of fused-ring (bicyclic) bond motifs is 1. The molecule has 1 aromatic rings. The Labute approximate surface area is 91.4 Å². The minimum Gasteiger partial charge on any atom is -0.489 e. The van der Waals surface area contributed by atoms with Crippen LogP contribution < -0.4 is 10.5 Å². The van der Waals surface area contributed by atoms with E-state index < -0.39 is 0 Å². The van der Waals surface area contributed by atoms with E-state index in [0.717, 1.165) is 18.6 Å². The Balaban J connectivity index is 2.30. The van der Waals surface area contributed by atoms with Crippen molar-refractivity contribution in [2.45, 2.75) is 45.8 Å². The predicted molar refractivity (Wildman–Crippen MR) is 62.3 cm³/mol. The quantitative estimate of drug-likeness (QED) is 0.763. The fraction of sp³-hybridized carbons (Fsp3) is 0.538. The van der Waals surface area contributed by atoms with Crippen molar-refractivity contribution in [1.29, 1.82) is 0 Å². The summed E-state index contributed by atoms with van der Waals surface area (Å²) in [5.41, 5.74) is 9.83. The van der Waals surface area contributed by atoms with Crippen LogP contribution in [0.1, 0.15) is 30.0 Å². The lowest BCUT2D eigenvalue weighted by atomic mass is 9.96. The lowest BCUT2D eigenvalue weighted by Crippen LogP contribution is -2.38. The number of hydrogen-bond donors (Lipinski definition) is 1. The molecule has 0 spiro atoms. The Bertz CT molecular complexity index is 371. The average Bonchev–Trinajstić information content (AvgIpc) is 2.19. The highest BCUT2D eigenvalue weighted by atomic mass is 16.5. The molecule has 0 radical (unpaired) electrons. The zero-order chi connectivity index (χ0) is 11.0. The molecular weight excluding hydrogens is 186 g/mol. The van der Waals surface area contributed by atoms with Gasteiger partial charge in [-0.3, -0.25) is 0 Å². The molecule has 15 heavy (non-hydrogen) atoms. The fourth-order valence-corrected chi connectivity index (χ4v) is 2.04. The second kappa shape index (κ2) is 3.86. The summed E-state index contributed by atoms with van der Waals surface area (Å²) in [5.74, 6) is 1.03. The highest BCUT2D eigenvalue weighted by molar-refractivity contribution is 5.43. The van der Waals surface area contributed by atoms with E-state index in [1.807, 2.05) is 6.92 Å². The van der Waals surface area contributed by atoms with Gasteiger partial charge >= 0.3 is 0 Å². The van der Waals surface area contributed by atoms with E-state index in [9.17, 15) is 0 Å². The summed E-state index contributed by atoms with van der Waals surface area (Å²) in [4.78, 5) is 0. The third kappa shape index (κ3) is 2.00. The van der Waals surface area contributed by atoms with Crippen molar-refractivity contribution in [2.24, 2.45) is 5.73 Å². The molecule has 0 aromatic heterocycles. The van der Waals surface area contributed by atoms with Crippen LogP contribution in [0.4, 0.5) is 0 Å². The van der Waals surface area contributed by atoms with Gasteiger partial charge in [0.05, 0.1) is 0 Å². The van der Waals surface area contributed by atoms with E-state index in [4.69, 9.17) is 10.5 Å². The molecule has 1 aromatic carbocycles. The monoisotopic (exact) mass is 205 g/mol. The first-order valence-electron chi connectivity index (χ1n) is 5.60. The van der Waals surface area contributed by atoms with Gasteiger partial charge in [-0.2, -0.15) is 0 Å². The van der Waals surface area contributed by atoms with Crippen LogP contribution in [-0.2, 0) is 6.42 Å². The Hall–Kier alpha value is -1.02. The first-order chi connectivity index (χ1) is 7.08. The maximum absolute atomic E-state index is 5.90. The standard InChI is InChI=1S/C13H19NO/c1-8-6-11-4-5-12(10(3)14)15-13(11)7-9(8)2/h6-7,10,12H,4-5,14H2,1-3H3. The van der Waals surface area contributed by atoms with Crippen LogP contribution in [0.15, 0.2) is 12.1 Å². The number of hydrogen-bond acceptors (Lipinski definition) is 2. The maximum atomic E-state index is 5.90. The SMILES string of the molecule is Cc1cc2c(cc1C)OC(C(C)N)CC2. The Morgan fingerprint density at radius 3 is 2.67 bits per heavy atom. The first kappa shape index (κ1) is 10.5. The van der Waals surface area contributed by atoms with Gasteiger partial charge in [0.25, 0.3) is 0 Å². The molecule has 2 nitrogen and oxygen atoms in total. The van der Waals surface area contributed by atoms with E-state index in [1.165, 1.54) is 16.7 Å². The summed E-state index contributed by atoms with van der Waals surface area (Å²) in [6.45, 7) is 6.28. The highest BCUT2D eigenvalue weighted by Gasteiger charge is 2.22. The molecule has 2 rings (SSSR count). The van der Waals surface area contributed by atoms with E-state index in [-0.39, 0.29) is 12.1 Å². The van der Waals surface area contributed by atoms with Crippen LogP contribution in [0.5, 0.6) is 5.75 Å². The molecule has 1 heterocycles. The summed E-state index contributed by atoms with van der Waals surface area (Å²) in [6, 6.07) is 4.49. The minimum absolute atomic E-state index is 0.111. The summed E-state index contributed by atoms with van der Waals surface area (Å²) in [7, 11) is 0. The summed E-state index contributed by atoms with van der Waals surface area (Å²) in [5, 5.41) is 0. The molecule has 0 saturated carbocycles. The van der Waals surface area contributed by atoms with Gasteiger partial charge in [0.15, 0.2) is 0 Å². The first-order valence-corrected chi connectivity index (χ1v) is 5.60. The predicted octanol–water partition coefficient (Wildman–Crippen LogP) is 2.34. The largest absolute Gasteiger partial charge is 0.489 e.